The number of aryl methyl sites for hydroxylation is 1. The fourth-order valence-electron chi connectivity index (χ4n) is 1.79. The Morgan fingerprint density at radius 1 is 1.45 bits per heavy atom. The van der Waals surface area contributed by atoms with Gasteiger partial charge in [-0.25, -0.2) is 0 Å². The zero-order valence-corrected chi connectivity index (χ0v) is 6.89. The summed E-state index contributed by atoms with van der Waals surface area (Å²) in [6, 6.07) is 4.10. The topological polar surface area (TPSA) is 20.2 Å². The molecule has 1 unspecified atom stereocenters. The lowest BCUT2D eigenvalue weighted by molar-refractivity contribution is 0.447. The standard InChI is InChI=1S/C10H12O/c1-6-3-4-8-5-7(2)9(8)10(6)11/h3-4,7,11H,5H2,1-2H3. The fourth-order valence-corrected chi connectivity index (χ4v) is 1.79. The van der Waals surface area contributed by atoms with Crippen molar-refractivity contribution in [2.75, 3.05) is 0 Å². The summed E-state index contributed by atoms with van der Waals surface area (Å²) in [5, 5.41) is 9.61. The van der Waals surface area contributed by atoms with E-state index in [0.717, 1.165) is 12.0 Å². The average Bonchev–Trinajstić information content (AvgIpc) is 1.94. The first-order chi connectivity index (χ1) is 5.20. The summed E-state index contributed by atoms with van der Waals surface area (Å²) < 4.78 is 0. The molecule has 58 valence electrons. The third-order valence-corrected chi connectivity index (χ3v) is 2.53. The predicted octanol–water partition coefficient (Wildman–Crippen LogP) is 2.36. The number of hydrogen-bond acceptors (Lipinski definition) is 1. The maximum atomic E-state index is 9.61. The highest BCUT2D eigenvalue weighted by molar-refractivity contribution is 5.52. The summed E-state index contributed by atoms with van der Waals surface area (Å²) in [5.41, 5.74) is 3.49. The Bertz CT molecular complexity index is 302. The second-order valence-corrected chi connectivity index (χ2v) is 3.41. The number of aromatic hydroxyl groups is 1. The molecule has 0 aromatic heterocycles. The lowest BCUT2D eigenvalue weighted by Gasteiger charge is -2.28. The molecule has 1 aliphatic rings. The third-order valence-electron chi connectivity index (χ3n) is 2.53. The van der Waals surface area contributed by atoms with Gasteiger partial charge < -0.3 is 5.11 Å². The quantitative estimate of drug-likeness (QED) is 0.598. The second-order valence-electron chi connectivity index (χ2n) is 3.41. The minimum Gasteiger partial charge on any atom is -0.507 e. The van der Waals surface area contributed by atoms with Crippen LogP contribution in [0.5, 0.6) is 5.75 Å². The molecular formula is C10H12O. The molecule has 0 amide bonds. The van der Waals surface area contributed by atoms with Crippen LogP contribution < -0.4 is 0 Å². The molecule has 0 bridgehead atoms. The normalized spacial score (nSPS) is 20.7. The third kappa shape index (κ3) is 0.770. The molecule has 1 aromatic rings. The Morgan fingerprint density at radius 2 is 2.18 bits per heavy atom. The summed E-state index contributed by atoms with van der Waals surface area (Å²) in [5.74, 6) is 1.08. The molecule has 0 fully saturated rings. The van der Waals surface area contributed by atoms with Crippen molar-refractivity contribution in [2.24, 2.45) is 0 Å². The minimum atomic E-state index is 0.515. The summed E-state index contributed by atoms with van der Waals surface area (Å²) in [7, 11) is 0. The second kappa shape index (κ2) is 2.00. The van der Waals surface area contributed by atoms with Crippen LogP contribution in [0.15, 0.2) is 12.1 Å². The molecule has 0 saturated carbocycles. The molecule has 1 aromatic carbocycles. The first kappa shape index (κ1) is 6.71. The van der Waals surface area contributed by atoms with Crippen molar-refractivity contribution >= 4 is 0 Å². The Balaban J connectivity index is 2.61. The van der Waals surface area contributed by atoms with Gasteiger partial charge in [0.2, 0.25) is 0 Å². The van der Waals surface area contributed by atoms with Gasteiger partial charge in [-0.3, -0.25) is 0 Å². The molecule has 1 heteroatoms. The monoisotopic (exact) mass is 148 g/mol. The first-order valence-electron chi connectivity index (χ1n) is 4.01. The Hall–Kier alpha value is -0.980. The maximum absolute atomic E-state index is 9.61. The van der Waals surface area contributed by atoms with Gasteiger partial charge in [0.1, 0.15) is 5.75 Å². The zero-order chi connectivity index (χ0) is 8.01. The van der Waals surface area contributed by atoms with Crippen LogP contribution in [0, 0.1) is 6.92 Å². The molecule has 0 heterocycles. The van der Waals surface area contributed by atoms with Gasteiger partial charge in [-0.2, -0.15) is 0 Å². The highest BCUT2D eigenvalue weighted by atomic mass is 16.3. The van der Waals surface area contributed by atoms with Crippen LogP contribution in [0.25, 0.3) is 0 Å². The Kier molecular flexibility index (Phi) is 1.22. The minimum absolute atomic E-state index is 0.515. The van der Waals surface area contributed by atoms with Crippen molar-refractivity contribution in [1.29, 1.82) is 0 Å². The Morgan fingerprint density at radius 3 is 2.73 bits per heavy atom. The van der Waals surface area contributed by atoms with Crippen LogP contribution in [0.1, 0.15) is 29.5 Å². The molecule has 1 aliphatic carbocycles. The van der Waals surface area contributed by atoms with Crippen molar-refractivity contribution in [3.05, 3.63) is 28.8 Å². The molecule has 0 saturated heterocycles. The van der Waals surface area contributed by atoms with Crippen molar-refractivity contribution in [2.45, 2.75) is 26.2 Å². The van der Waals surface area contributed by atoms with Crippen LogP contribution in [0.4, 0.5) is 0 Å². The molecule has 1 N–H and O–H groups in total. The van der Waals surface area contributed by atoms with Crippen LogP contribution in [0.3, 0.4) is 0 Å². The first-order valence-corrected chi connectivity index (χ1v) is 4.01. The number of benzene rings is 1. The molecule has 1 nitrogen and oxygen atoms in total. The van der Waals surface area contributed by atoms with Crippen LogP contribution in [-0.2, 0) is 6.42 Å². The summed E-state index contributed by atoms with van der Waals surface area (Å²) in [4.78, 5) is 0. The average molecular weight is 148 g/mol. The van der Waals surface area contributed by atoms with E-state index in [9.17, 15) is 5.11 Å². The van der Waals surface area contributed by atoms with Gasteiger partial charge in [0, 0.05) is 5.56 Å². The summed E-state index contributed by atoms with van der Waals surface area (Å²) in [6.45, 7) is 4.10. The van der Waals surface area contributed by atoms with Crippen molar-refractivity contribution in [1.82, 2.24) is 0 Å². The van der Waals surface area contributed by atoms with Gasteiger partial charge >= 0.3 is 0 Å². The summed E-state index contributed by atoms with van der Waals surface area (Å²) in [6.07, 6.45) is 1.13. The van der Waals surface area contributed by atoms with Gasteiger partial charge in [-0.1, -0.05) is 19.1 Å². The fraction of sp³-hybridized carbons (Fsp3) is 0.400. The maximum Gasteiger partial charge on any atom is 0.122 e. The number of phenols is 1. The Labute approximate surface area is 66.7 Å². The predicted molar refractivity (Wildman–Crippen MR) is 45.0 cm³/mol. The number of hydrogen-bond donors (Lipinski definition) is 1. The lowest BCUT2D eigenvalue weighted by Crippen LogP contribution is -2.14. The largest absolute Gasteiger partial charge is 0.507 e. The number of fused-ring (bicyclic) bond motifs is 1. The van der Waals surface area contributed by atoms with Crippen molar-refractivity contribution < 1.29 is 5.11 Å². The van der Waals surface area contributed by atoms with E-state index in [0.29, 0.717) is 11.7 Å². The van der Waals surface area contributed by atoms with Gasteiger partial charge in [0.25, 0.3) is 0 Å². The molecule has 11 heavy (non-hydrogen) atoms. The van der Waals surface area contributed by atoms with E-state index >= 15 is 0 Å². The SMILES string of the molecule is Cc1ccc2c(c1O)C(C)C2. The van der Waals surface area contributed by atoms with E-state index in [1.54, 1.807) is 0 Å². The zero-order valence-electron chi connectivity index (χ0n) is 6.89. The number of phenolic OH excluding ortho intramolecular Hbond substituents is 1. The highest BCUT2D eigenvalue weighted by Crippen LogP contribution is 2.42. The van der Waals surface area contributed by atoms with E-state index in [1.807, 2.05) is 13.0 Å². The van der Waals surface area contributed by atoms with Gasteiger partial charge in [-0.15, -0.1) is 0 Å². The van der Waals surface area contributed by atoms with Crippen LogP contribution in [0.2, 0.25) is 0 Å². The van der Waals surface area contributed by atoms with Crippen molar-refractivity contribution in [3.63, 3.8) is 0 Å². The summed E-state index contributed by atoms with van der Waals surface area (Å²) >= 11 is 0. The smallest absolute Gasteiger partial charge is 0.122 e. The van der Waals surface area contributed by atoms with E-state index in [2.05, 4.69) is 13.0 Å². The van der Waals surface area contributed by atoms with Gasteiger partial charge in [0.05, 0.1) is 0 Å². The molecular weight excluding hydrogens is 136 g/mol. The van der Waals surface area contributed by atoms with Gasteiger partial charge in [0.15, 0.2) is 0 Å². The lowest BCUT2D eigenvalue weighted by atomic mass is 9.77. The van der Waals surface area contributed by atoms with Crippen LogP contribution in [-0.4, -0.2) is 5.11 Å². The highest BCUT2D eigenvalue weighted by Gasteiger charge is 2.25. The van der Waals surface area contributed by atoms with E-state index in [-0.39, 0.29) is 0 Å². The van der Waals surface area contributed by atoms with Gasteiger partial charge in [-0.05, 0) is 30.4 Å². The van der Waals surface area contributed by atoms with E-state index < -0.39 is 0 Å². The van der Waals surface area contributed by atoms with E-state index in [1.165, 1.54) is 11.1 Å². The molecule has 0 radical (unpaired) electrons. The number of rotatable bonds is 0. The van der Waals surface area contributed by atoms with E-state index in [4.69, 9.17) is 0 Å². The molecule has 2 rings (SSSR count). The molecule has 1 atom stereocenters. The van der Waals surface area contributed by atoms with Crippen molar-refractivity contribution in [3.8, 4) is 5.75 Å². The molecule has 0 aliphatic heterocycles. The molecule has 0 spiro atoms. The van der Waals surface area contributed by atoms with Crippen LogP contribution >= 0.6 is 0 Å².